The van der Waals surface area contributed by atoms with Crippen molar-refractivity contribution >= 4 is 0 Å². The molecule has 1 aliphatic rings. The molecule has 3 atom stereocenters. The van der Waals surface area contributed by atoms with Gasteiger partial charge in [0.2, 0.25) is 0 Å². The van der Waals surface area contributed by atoms with Gasteiger partial charge < -0.3 is 19.3 Å². The van der Waals surface area contributed by atoms with Crippen molar-refractivity contribution in [2.45, 2.75) is 44.7 Å². The van der Waals surface area contributed by atoms with Gasteiger partial charge in [-0.05, 0) is 24.1 Å². The molecule has 0 radical (unpaired) electrons. The molecule has 2 rings (SSSR count). The van der Waals surface area contributed by atoms with Gasteiger partial charge in [0.05, 0.1) is 25.9 Å². The van der Waals surface area contributed by atoms with Crippen molar-refractivity contribution in [2.24, 2.45) is 0 Å². The first-order valence-electron chi connectivity index (χ1n) is 6.78. The van der Waals surface area contributed by atoms with Crippen molar-refractivity contribution in [3.63, 3.8) is 0 Å². The molecule has 0 heterocycles. The minimum absolute atomic E-state index is 0.00671. The Morgan fingerprint density at radius 2 is 2.16 bits per heavy atom. The van der Waals surface area contributed by atoms with Crippen LogP contribution in [0.15, 0.2) is 24.3 Å². The molecule has 0 aliphatic heterocycles. The zero-order chi connectivity index (χ0) is 13.7. The lowest BCUT2D eigenvalue weighted by Gasteiger charge is -2.40. The van der Waals surface area contributed by atoms with Crippen molar-refractivity contribution in [2.75, 3.05) is 13.7 Å². The van der Waals surface area contributed by atoms with E-state index in [1.807, 2.05) is 24.3 Å². The van der Waals surface area contributed by atoms with Gasteiger partial charge in [0.1, 0.15) is 11.9 Å². The summed E-state index contributed by atoms with van der Waals surface area (Å²) in [6, 6.07) is 7.80. The van der Waals surface area contributed by atoms with Gasteiger partial charge in [-0.3, -0.25) is 0 Å². The highest BCUT2D eigenvalue weighted by Gasteiger charge is 2.41. The molecule has 0 bridgehead atoms. The van der Waals surface area contributed by atoms with Crippen LogP contribution in [0, 0.1) is 0 Å². The Labute approximate surface area is 114 Å². The van der Waals surface area contributed by atoms with Crippen LogP contribution in [-0.4, -0.2) is 37.1 Å². The molecule has 0 spiro atoms. The van der Waals surface area contributed by atoms with E-state index in [2.05, 4.69) is 6.92 Å². The van der Waals surface area contributed by atoms with Crippen LogP contribution in [0.25, 0.3) is 0 Å². The molecule has 1 N–H and O–H groups in total. The van der Waals surface area contributed by atoms with Gasteiger partial charge in [-0.25, -0.2) is 0 Å². The number of aliphatic hydroxyl groups excluding tert-OH is 1. The zero-order valence-corrected chi connectivity index (χ0v) is 11.5. The lowest BCUT2D eigenvalue weighted by atomic mass is 9.88. The highest BCUT2D eigenvalue weighted by atomic mass is 16.6. The fourth-order valence-corrected chi connectivity index (χ4v) is 2.16. The van der Waals surface area contributed by atoms with Gasteiger partial charge >= 0.3 is 0 Å². The smallest absolute Gasteiger partial charge is 0.119 e. The Morgan fingerprint density at radius 1 is 1.32 bits per heavy atom. The van der Waals surface area contributed by atoms with Crippen LogP contribution in [-0.2, 0) is 16.1 Å². The number of ether oxygens (including phenoxy) is 3. The fraction of sp³-hybridized carbons (Fsp3) is 0.600. The molecule has 1 aliphatic carbocycles. The fourth-order valence-electron chi connectivity index (χ4n) is 2.16. The summed E-state index contributed by atoms with van der Waals surface area (Å²) in [4.78, 5) is 0. The Hall–Kier alpha value is -1.10. The lowest BCUT2D eigenvalue weighted by molar-refractivity contribution is -0.196. The van der Waals surface area contributed by atoms with Crippen LogP contribution in [0.2, 0.25) is 0 Å². The third kappa shape index (κ3) is 3.69. The van der Waals surface area contributed by atoms with Crippen LogP contribution in [0.1, 0.15) is 25.3 Å². The summed E-state index contributed by atoms with van der Waals surface area (Å²) < 4.78 is 16.6. The van der Waals surface area contributed by atoms with Crippen molar-refractivity contribution in [3.8, 4) is 5.75 Å². The third-order valence-electron chi connectivity index (χ3n) is 3.33. The van der Waals surface area contributed by atoms with E-state index in [0.717, 1.165) is 17.7 Å². The SMILES string of the molecule is CCCOC1C(O)CC1OCc1cccc(OC)c1. The second-order valence-corrected chi connectivity index (χ2v) is 4.84. The maximum atomic E-state index is 9.66. The molecule has 3 unspecified atom stereocenters. The molecular weight excluding hydrogens is 244 g/mol. The third-order valence-corrected chi connectivity index (χ3v) is 3.33. The minimum Gasteiger partial charge on any atom is -0.497 e. The summed E-state index contributed by atoms with van der Waals surface area (Å²) >= 11 is 0. The number of methoxy groups -OCH3 is 1. The van der Waals surface area contributed by atoms with E-state index in [0.29, 0.717) is 19.6 Å². The number of hydrogen-bond donors (Lipinski definition) is 1. The van der Waals surface area contributed by atoms with Crippen LogP contribution in [0.4, 0.5) is 0 Å². The van der Waals surface area contributed by atoms with Gasteiger partial charge in [-0.1, -0.05) is 19.1 Å². The highest BCUT2D eigenvalue weighted by molar-refractivity contribution is 5.27. The van der Waals surface area contributed by atoms with Crippen molar-refractivity contribution < 1.29 is 19.3 Å². The molecule has 4 heteroatoms. The first kappa shape index (κ1) is 14.3. The van der Waals surface area contributed by atoms with Crippen molar-refractivity contribution in [1.82, 2.24) is 0 Å². The number of rotatable bonds is 7. The summed E-state index contributed by atoms with van der Waals surface area (Å²) in [5.74, 6) is 0.827. The normalized spacial score (nSPS) is 25.9. The predicted molar refractivity (Wildman–Crippen MR) is 72.2 cm³/mol. The molecule has 0 aromatic heterocycles. The monoisotopic (exact) mass is 266 g/mol. The number of aliphatic hydroxyl groups is 1. The largest absolute Gasteiger partial charge is 0.497 e. The molecule has 1 aromatic carbocycles. The van der Waals surface area contributed by atoms with Crippen LogP contribution in [0.5, 0.6) is 5.75 Å². The minimum atomic E-state index is -0.387. The molecule has 1 aromatic rings. The molecule has 19 heavy (non-hydrogen) atoms. The Morgan fingerprint density at radius 3 is 2.84 bits per heavy atom. The van der Waals surface area contributed by atoms with E-state index in [-0.39, 0.29) is 18.3 Å². The van der Waals surface area contributed by atoms with Gasteiger partial charge in [-0.15, -0.1) is 0 Å². The second kappa shape index (κ2) is 6.89. The average molecular weight is 266 g/mol. The molecule has 1 fully saturated rings. The summed E-state index contributed by atoms with van der Waals surface area (Å²) in [6.07, 6.45) is 1.03. The van der Waals surface area contributed by atoms with E-state index >= 15 is 0 Å². The van der Waals surface area contributed by atoms with Gasteiger partial charge in [0.15, 0.2) is 0 Å². The van der Waals surface area contributed by atoms with E-state index < -0.39 is 0 Å². The first-order chi connectivity index (χ1) is 9.24. The van der Waals surface area contributed by atoms with Crippen molar-refractivity contribution in [3.05, 3.63) is 29.8 Å². The lowest BCUT2D eigenvalue weighted by Crippen LogP contribution is -2.53. The quantitative estimate of drug-likeness (QED) is 0.821. The highest BCUT2D eigenvalue weighted by Crippen LogP contribution is 2.28. The molecular formula is C15H22O4. The average Bonchev–Trinajstić information content (AvgIpc) is 2.43. The standard InChI is InChI=1S/C15H22O4/c1-3-7-18-15-13(16)9-14(15)19-10-11-5-4-6-12(8-11)17-2/h4-6,8,13-16H,3,7,9-10H2,1-2H3. The van der Waals surface area contributed by atoms with Crippen LogP contribution in [0.3, 0.4) is 0 Å². The van der Waals surface area contributed by atoms with E-state index in [1.165, 1.54) is 0 Å². The number of benzene rings is 1. The Balaban J connectivity index is 1.81. The van der Waals surface area contributed by atoms with E-state index in [9.17, 15) is 5.11 Å². The maximum absolute atomic E-state index is 9.66. The van der Waals surface area contributed by atoms with Gasteiger partial charge in [-0.2, -0.15) is 0 Å². The summed E-state index contributed by atoms with van der Waals surface area (Å²) in [7, 11) is 1.65. The molecule has 4 nitrogen and oxygen atoms in total. The second-order valence-electron chi connectivity index (χ2n) is 4.84. The van der Waals surface area contributed by atoms with E-state index in [4.69, 9.17) is 14.2 Å². The van der Waals surface area contributed by atoms with Crippen molar-refractivity contribution in [1.29, 1.82) is 0 Å². The topological polar surface area (TPSA) is 47.9 Å². The predicted octanol–water partition coefficient (Wildman–Crippen LogP) is 2.14. The zero-order valence-electron chi connectivity index (χ0n) is 11.5. The number of hydrogen-bond acceptors (Lipinski definition) is 4. The Bertz CT molecular complexity index is 393. The summed E-state index contributed by atoms with van der Waals surface area (Å²) in [5.41, 5.74) is 1.06. The van der Waals surface area contributed by atoms with Gasteiger partial charge in [0.25, 0.3) is 0 Å². The molecule has 1 saturated carbocycles. The van der Waals surface area contributed by atoms with Crippen LogP contribution >= 0.6 is 0 Å². The first-order valence-corrected chi connectivity index (χ1v) is 6.78. The van der Waals surface area contributed by atoms with Crippen LogP contribution < -0.4 is 4.74 Å². The molecule has 0 saturated heterocycles. The van der Waals surface area contributed by atoms with Gasteiger partial charge in [0, 0.05) is 13.0 Å². The Kier molecular flexibility index (Phi) is 5.19. The molecule has 0 amide bonds. The summed E-state index contributed by atoms with van der Waals surface area (Å²) in [6.45, 7) is 3.23. The van der Waals surface area contributed by atoms with E-state index in [1.54, 1.807) is 7.11 Å². The molecule has 106 valence electrons. The summed E-state index contributed by atoms with van der Waals surface area (Å²) in [5, 5.41) is 9.66. The maximum Gasteiger partial charge on any atom is 0.119 e.